The minimum atomic E-state index is 0.778. The number of likely N-dealkylation sites (N-methyl/N-ethyl adjacent to an activating group) is 1. The van der Waals surface area contributed by atoms with E-state index in [0.717, 1.165) is 37.6 Å². The molecule has 3 nitrogen and oxygen atoms in total. The highest BCUT2D eigenvalue weighted by Gasteiger charge is 2.05. The monoisotopic (exact) mass is 236 g/mol. The Morgan fingerprint density at radius 2 is 1.88 bits per heavy atom. The summed E-state index contributed by atoms with van der Waals surface area (Å²) in [5, 5.41) is 0. The summed E-state index contributed by atoms with van der Waals surface area (Å²) in [6.45, 7) is 8.98. The SMILES string of the molecule is [CH2]CN(CC)CCc1ccc(OC)c(OC)c1. The van der Waals surface area contributed by atoms with Crippen LogP contribution in [0.15, 0.2) is 18.2 Å². The van der Waals surface area contributed by atoms with Gasteiger partial charge in [0.25, 0.3) is 0 Å². The van der Waals surface area contributed by atoms with Crippen LogP contribution in [0.3, 0.4) is 0 Å². The van der Waals surface area contributed by atoms with E-state index in [9.17, 15) is 0 Å². The zero-order chi connectivity index (χ0) is 12.7. The van der Waals surface area contributed by atoms with Gasteiger partial charge in [0.2, 0.25) is 0 Å². The molecule has 0 heterocycles. The topological polar surface area (TPSA) is 21.7 Å². The molecule has 0 atom stereocenters. The smallest absolute Gasteiger partial charge is 0.160 e. The summed E-state index contributed by atoms with van der Waals surface area (Å²) in [5.74, 6) is 1.57. The first-order valence-corrected chi connectivity index (χ1v) is 5.97. The third-order valence-corrected chi connectivity index (χ3v) is 2.93. The summed E-state index contributed by atoms with van der Waals surface area (Å²) in [5.41, 5.74) is 1.26. The minimum Gasteiger partial charge on any atom is -0.493 e. The molecule has 95 valence electrons. The summed E-state index contributed by atoms with van der Waals surface area (Å²) >= 11 is 0. The number of rotatable bonds is 7. The predicted octanol–water partition coefficient (Wildman–Crippen LogP) is 2.40. The average Bonchev–Trinajstić information content (AvgIpc) is 2.39. The predicted molar refractivity (Wildman–Crippen MR) is 70.7 cm³/mol. The fourth-order valence-corrected chi connectivity index (χ4v) is 1.75. The molecule has 0 amide bonds. The van der Waals surface area contributed by atoms with E-state index in [1.807, 2.05) is 12.1 Å². The van der Waals surface area contributed by atoms with Crippen LogP contribution in [0.2, 0.25) is 0 Å². The summed E-state index contributed by atoms with van der Waals surface area (Å²) < 4.78 is 10.5. The highest BCUT2D eigenvalue weighted by Crippen LogP contribution is 2.27. The fourth-order valence-electron chi connectivity index (χ4n) is 1.75. The van der Waals surface area contributed by atoms with Crippen LogP contribution < -0.4 is 9.47 Å². The van der Waals surface area contributed by atoms with E-state index in [0.29, 0.717) is 0 Å². The average molecular weight is 236 g/mol. The van der Waals surface area contributed by atoms with Gasteiger partial charge in [-0.2, -0.15) is 0 Å². The maximum atomic E-state index is 5.29. The maximum Gasteiger partial charge on any atom is 0.160 e. The van der Waals surface area contributed by atoms with E-state index in [1.54, 1.807) is 14.2 Å². The van der Waals surface area contributed by atoms with Crippen LogP contribution in [0, 0.1) is 6.92 Å². The van der Waals surface area contributed by atoms with Gasteiger partial charge < -0.3 is 14.4 Å². The van der Waals surface area contributed by atoms with Crippen LogP contribution in [-0.2, 0) is 6.42 Å². The molecule has 3 heteroatoms. The van der Waals surface area contributed by atoms with E-state index in [4.69, 9.17) is 9.47 Å². The second-order valence-electron chi connectivity index (χ2n) is 3.87. The van der Waals surface area contributed by atoms with Crippen molar-refractivity contribution < 1.29 is 9.47 Å². The van der Waals surface area contributed by atoms with Crippen molar-refractivity contribution in [1.82, 2.24) is 4.90 Å². The Kier molecular flexibility index (Phi) is 5.84. The molecule has 0 saturated heterocycles. The van der Waals surface area contributed by atoms with Crippen molar-refractivity contribution in [3.8, 4) is 11.5 Å². The van der Waals surface area contributed by atoms with Gasteiger partial charge in [0, 0.05) is 6.54 Å². The lowest BCUT2D eigenvalue weighted by Gasteiger charge is -2.18. The zero-order valence-corrected chi connectivity index (χ0v) is 11.0. The van der Waals surface area contributed by atoms with Crippen molar-refractivity contribution in [2.45, 2.75) is 13.3 Å². The number of ether oxygens (including phenoxy) is 2. The van der Waals surface area contributed by atoms with Crippen LogP contribution in [0.4, 0.5) is 0 Å². The molecular weight excluding hydrogens is 214 g/mol. The van der Waals surface area contributed by atoms with Gasteiger partial charge in [-0.3, -0.25) is 0 Å². The lowest BCUT2D eigenvalue weighted by Crippen LogP contribution is -2.25. The molecule has 0 aliphatic heterocycles. The Bertz CT molecular complexity index is 335. The van der Waals surface area contributed by atoms with Gasteiger partial charge >= 0.3 is 0 Å². The molecule has 1 aromatic rings. The highest BCUT2D eigenvalue weighted by molar-refractivity contribution is 5.42. The summed E-state index contributed by atoms with van der Waals surface area (Å²) in [4.78, 5) is 2.30. The third-order valence-electron chi connectivity index (χ3n) is 2.93. The normalized spacial score (nSPS) is 10.6. The number of hydrogen-bond donors (Lipinski definition) is 0. The summed E-state index contributed by atoms with van der Waals surface area (Å²) in [7, 11) is 3.31. The van der Waals surface area contributed by atoms with E-state index < -0.39 is 0 Å². The van der Waals surface area contributed by atoms with Crippen molar-refractivity contribution in [2.75, 3.05) is 33.9 Å². The Morgan fingerprint density at radius 1 is 1.18 bits per heavy atom. The lowest BCUT2D eigenvalue weighted by atomic mass is 10.1. The van der Waals surface area contributed by atoms with Gasteiger partial charge in [-0.05, 0) is 44.1 Å². The molecule has 0 unspecified atom stereocenters. The number of nitrogens with zero attached hydrogens (tertiary/aromatic N) is 1. The molecule has 1 aromatic carbocycles. The van der Waals surface area contributed by atoms with Crippen molar-refractivity contribution >= 4 is 0 Å². The first-order valence-electron chi connectivity index (χ1n) is 5.97. The minimum absolute atomic E-state index is 0.778. The molecule has 0 spiro atoms. The Balaban J connectivity index is 2.66. The molecule has 0 fully saturated rings. The zero-order valence-electron chi connectivity index (χ0n) is 11.0. The van der Waals surface area contributed by atoms with E-state index in [2.05, 4.69) is 24.8 Å². The molecule has 0 bridgehead atoms. The first kappa shape index (κ1) is 13.8. The van der Waals surface area contributed by atoms with Gasteiger partial charge in [-0.1, -0.05) is 13.0 Å². The quantitative estimate of drug-likeness (QED) is 0.725. The van der Waals surface area contributed by atoms with E-state index in [1.165, 1.54) is 5.56 Å². The molecule has 0 aliphatic rings. The number of hydrogen-bond acceptors (Lipinski definition) is 3. The van der Waals surface area contributed by atoms with Gasteiger partial charge in [0.05, 0.1) is 14.2 Å². The molecule has 0 N–H and O–H groups in total. The molecule has 0 aromatic heterocycles. The summed E-state index contributed by atoms with van der Waals surface area (Å²) in [6.07, 6.45) is 1.00. The van der Waals surface area contributed by atoms with Gasteiger partial charge in [-0.25, -0.2) is 0 Å². The highest BCUT2D eigenvalue weighted by atomic mass is 16.5. The second kappa shape index (κ2) is 7.17. The van der Waals surface area contributed by atoms with Crippen LogP contribution >= 0.6 is 0 Å². The molecule has 0 saturated carbocycles. The van der Waals surface area contributed by atoms with Crippen molar-refractivity contribution in [3.63, 3.8) is 0 Å². The largest absolute Gasteiger partial charge is 0.493 e. The molecule has 1 rings (SSSR count). The Morgan fingerprint density at radius 3 is 2.41 bits per heavy atom. The fraction of sp³-hybridized carbons (Fsp3) is 0.500. The lowest BCUT2D eigenvalue weighted by molar-refractivity contribution is 0.321. The van der Waals surface area contributed by atoms with Crippen molar-refractivity contribution in [1.29, 1.82) is 0 Å². The van der Waals surface area contributed by atoms with Crippen molar-refractivity contribution in [3.05, 3.63) is 30.7 Å². The summed E-state index contributed by atoms with van der Waals surface area (Å²) in [6, 6.07) is 6.07. The Hall–Kier alpha value is -1.22. The van der Waals surface area contributed by atoms with Crippen LogP contribution in [0.1, 0.15) is 12.5 Å². The molecule has 1 radical (unpaired) electrons. The van der Waals surface area contributed by atoms with Crippen LogP contribution in [-0.4, -0.2) is 38.8 Å². The number of methoxy groups -OCH3 is 2. The second-order valence-corrected chi connectivity index (χ2v) is 3.87. The molecular formula is C14H22NO2. The van der Waals surface area contributed by atoms with Crippen LogP contribution in [0.25, 0.3) is 0 Å². The van der Waals surface area contributed by atoms with Crippen LogP contribution in [0.5, 0.6) is 11.5 Å². The molecule has 0 aliphatic carbocycles. The van der Waals surface area contributed by atoms with E-state index in [-0.39, 0.29) is 0 Å². The van der Waals surface area contributed by atoms with Crippen molar-refractivity contribution in [2.24, 2.45) is 0 Å². The third kappa shape index (κ3) is 3.93. The van der Waals surface area contributed by atoms with Gasteiger partial charge in [-0.15, -0.1) is 0 Å². The maximum absolute atomic E-state index is 5.29. The van der Waals surface area contributed by atoms with Gasteiger partial charge in [0.1, 0.15) is 0 Å². The Labute approximate surface area is 104 Å². The van der Waals surface area contributed by atoms with Gasteiger partial charge in [0.15, 0.2) is 11.5 Å². The standard InChI is InChI=1S/C14H22NO2/c1-5-15(6-2)10-9-12-7-8-13(16-3)14(11-12)17-4/h7-8,11H,1,5-6,9-10H2,2-4H3. The first-order chi connectivity index (χ1) is 8.24. The number of benzene rings is 1. The molecule has 17 heavy (non-hydrogen) atoms. The van der Waals surface area contributed by atoms with E-state index >= 15 is 0 Å².